The van der Waals surface area contributed by atoms with Crippen LogP contribution >= 0.6 is 0 Å². The number of rotatable bonds is 7. The maximum Gasteiger partial charge on any atom is 0.371 e. The quantitative estimate of drug-likeness (QED) is 0.458. The first-order chi connectivity index (χ1) is 8.67. The second-order valence-electron chi connectivity index (χ2n) is 3.42. The molecule has 0 aliphatic rings. The largest absolute Gasteiger partial charge is 0.490 e. The highest BCUT2D eigenvalue weighted by Gasteiger charge is 2.07. The summed E-state index contributed by atoms with van der Waals surface area (Å²) in [5.74, 6) is -0.443. The molecule has 0 saturated heterocycles. The van der Waals surface area contributed by atoms with Crippen LogP contribution in [-0.2, 0) is 9.53 Å². The second kappa shape index (κ2) is 7.17. The van der Waals surface area contributed by atoms with Crippen molar-refractivity contribution in [2.45, 2.75) is 6.92 Å². The summed E-state index contributed by atoms with van der Waals surface area (Å²) in [6, 6.07) is 7.06. The number of carbonyl (C=O) groups is 1. The Bertz CT molecular complexity index is 432. The number of aliphatic carboxylic acids is 1. The maximum absolute atomic E-state index is 10.9. The Hall–Kier alpha value is -2.23. The summed E-state index contributed by atoms with van der Waals surface area (Å²) in [5, 5.41) is 8.91. The zero-order valence-electron chi connectivity index (χ0n) is 10.3. The van der Waals surface area contributed by atoms with Crippen molar-refractivity contribution in [1.29, 1.82) is 0 Å². The van der Waals surface area contributed by atoms with Crippen molar-refractivity contribution in [3.8, 4) is 5.75 Å². The lowest BCUT2D eigenvalue weighted by atomic mass is 10.2. The highest BCUT2D eigenvalue weighted by Crippen LogP contribution is 2.15. The number of benzene rings is 1. The van der Waals surface area contributed by atoms with Gasteiger partial charge in [-0.25, -0.2) is 4.79 Å². The van der Waals surface area contributed by atoms with E-state index in [-0.39, 0.29) is 5.76 Å². The predicted octanol–water partition coefficient (Wildman–Crippen LogP) is 2.71. The monoisotopic (exact) mass is 248 g/mol. The fourth-order valence-electron chi connectivity index (χ4n) is 1.29. The average Bonchev–Trinajstić information content (AvgIpc) is 2.37. The van der Waals surface area contributed by atoms with Crippen LogP contribution in [0.15, 0.2) is 42.7 Å². The van der Waals surface area contributed by atoms with Crippen LogP contribution in [0.4, 0.5) is 0 Å². The molecule has 18 heavy (non-hydrogen) atoms. The molecule has 4 nitrogen and oxygen atoms in total. The molecule has 1 rings (SSSR count). The second-order valence-corrected chi connectivity index (χ2v) is 3.42. The van der Waals surface area contributed by atoms with Crippen molar-refractivity contribution in [3.05, 3.63) is 48.2 Å². The van der Waals surface area contributed by atoms with Gasteiger partial charge < -0.3 is 14.6 Å². The molecular weight excluding hydrogens is 232 g/mol. The number of carboxylic acid groups (broad SMARTS) is 1. The van der Waals surface area contributed by atoms with E-state index < -0.39 is 5.97 Å². The van der Waals surface area contributed by atoms with Crippen molar-refractivity contribution >= 4 is 12.0 Å². The molecule has 0 aliphatic carbocycles. The van der Waals surface area contributed by atoms with Gasteiger partial charge >= 0.3 is 5.97 Å². The summed E-state index contributed by atoms with van der Waals surface area (Å²) in [6.45, 7) is 6.05. The lowest BCUT2D eigenvalue weighted by Gasteiger charge is -2.05. The molecule has 0 atom stereocenters. The van der Waals surface area contributed by atoms with Gasteiger partial charge in [-0.2, -0.15) is 0 Å². The van der Waals surface area contributed by atoms with E-state index >= 15 is 0 Å². The Morgan fingerprint density at radius 2 is 2.06 bits per heavy atom. The molecule has 0 heterocycles. The summed E-state index contributed by atoms with van der Waals surface area (Å²) in [6.07, 6.45) is 3.13. The molecule has 96 valence electrons. The molecule has 1 N–H and O–H groups in total. The van der Waals surface area contributed by atoms with E-state index in [2.05, 4.69) is 6.58 Å². The molecule has 0 fully saturated rings. The molecule has 4 heteroatoms. The fourth-order valence-corrected chi connectivity index (χ4v) is 1.29. The number of hydrogen-bond acceptors (Lipinski definition) is 3. The maximum atomic E-state index is 10.9. The van der Waals surface area contributed by atoms with E-state index in [1.807, 2.05) is 0 Å². The molecule has 0 saturated carbocycles. The summed E-state index contributed by atoms with van der Waals surface area (Å²) in [7, 11) is 0. The van der Waals surface area contributed by atoms with Gasteiger partial charge in [0.05, 0.1) is 6.61 Å². The van der Waals surface area contributed by atoms with Crippen molar-refractivity contribution in [1.82, 2.24) is 0 Å². The fraction of sp³-hybridized carbons (Fsp3) is 0.214. The zero-order valence-corrected chi connectivity index (χ0v) is 10.3. The van der Waals surface area contributed by atoms with Crippen LogP contribution in [0.2, 0.25) is 0 Å². The Morgan fingerprint density at radius 3 is 2.56 bits per heavy atom. The van der Waals surface area contributed by atoms with Gasteiger partial charge in [0, 0.05) is 0 Å². The summed E-state index contributed by atoms with van der Waals surface area (Å²) >= 11 is 0. The molecule has 0 amide bonds. The molecule has 0 aromatic heterocycles. The third kappa shape index (κ3) is 4.33. The molecule has 0 unspecified atom stereocenters. The molecule has 1 aromatic rings. The minimum Gasteiger partial charge on any atom is -0.490 e. The Labute approximate surface area is 106 Å². The summed E-state index contributed by atoms with van der Waals surface area (Å²) in [5.41, 5.74) is 0.742. The van der Waals surface area contributed by atoms with Gasteiger partial charge in [-0.3, -0.25) is 0 Å². The van der Waals surface area contributed by atoms with E-state index in [1.165, 1.54) is 6.08 Å². The van der Waals surface area contributed by atoms with Crippen molar-refractivity contribution in [3.63, 3.8) is 0 Å². The van der Waals surface area contributed by atoms with Gasteiger partial charge in [0.15, 0.2) is 0 Å². The lowest BCUT2D eigenvalue weighted by molar-refractivity contribution is -0.136. The molecule has 0 spiro atoms. The van der Waals surface area contributed by atoms with Crippen LogP contribution in [0.1, 0.15) is 12.5 Å². The zero-order chi connectivity index (χ0) is 13.4. The minimum atomic E-state index is -1.08. The van der Waals surface area contributed by atoms with Crippen LogP contribution in [-0.4, -0.2) is 24.3 Å². The van der Waals surface area contributed by atoms with Gasteiger partial charge in [-0.05, 0) is 30.7 Å². The molecular formula is C14H16O4. The van der Waals surface area contributed by atoms with Gasteiger partial charge in [0.25, 0.3) is 0 Å². The molecule has 0 aliphatic heterocycles. The lowest BCUT2D eigenvalue weighted by Crippen LogP contribution is -2.04. The topological polar surface area (TPSA) is 55.8 Å². The highest BCUT2D eigenvalue weighted by molar-refractivity contribution is 5.89. The van der Waals surface area contributed by atoms with Gasteiger partial charge in [-0.15, -0.1) is 0 Å². The number of carboxylic acids is 1. The number of ether oxygens (including phenoxy) is 2. The van der Waals surface area contributed by atoms with E-state index in [4.69, 9.17) is 14.6 Å². The van der Waals surface area contributed by atoms with Crippen molar-refractivity contribution < 1.29 is 19.4 Å². The van der Waals surface area contributed by atoms with E-state index in [1.54, 1.807) is 37.3 Å². The Morgan fingerprint density at radius 1 is 1.39 bits per heavy atom. The van der Waals surface area contributed by atoms with Crippen LogP contribution in [0, 0.1) is 0 Å². The van der Waals surface area contributed by atoms with Gasteiger partial charge in [0.1, 0.15) is 12.4 Å². The standard InChI is InChI=1S/C14H16O4/c1-3-9-18-12-7-5-11(6-8-12)10-13(14(15)16)17-4-2/h3,5-8,10H,1,4,9H2,2H3,(H,15,16). The average molecular weight is 248 g/mol. The normalized spacial score (nSPS) is 10.8. The minimum absolute atomic E-state index is 0.0720. The van der Waals surface area contributed by atoms with Crippen LogP contribution in [0.3, 0.4) is 0 Å². The van der Waals surface area contributed by atoms with Crippen LogP contribution in [0.5, 0.6) is 5.75 Å². The molecule has 0 radical (unpaired) electrons. The molecule has 1 aromatic carbocycles. The Balaban J connectivity index is 2.80. The smallest absolute Gasteiger partial charge is 0.371 e. The van der Waals surface area contributed by atoms with Gasteiger partial charge in [-0.1, -0.05) is 24.8 Å². The molecule has 0 bridgehead atoms. The van der Waals surface area contributed by atoms with Crippen LogP contribution < -0.4 is 4.74 Å². The summed E-state index contributed by atoms with van der Waals surface area (Å²) in [4.78, 5) is 10.9. The van der Waals surface area contributed by atoms with E-state index in [0.717, 1.165) is 5.56 Å². The van der Waals surface area contributed by atoms with E-state index in [0.29, 0.717) is 19.0 Å². The SMILES string of the molecule is C=CCOc1ccc(C=C(OCC)C(=O)O)cc1. The first-order valence-electron chi connectivity index (χ1n) is 5.59. The first-order valence-corrected chi connectivity index (χ1v) is 5.59. The summed E-state index contributed by atoms with van der Waals surface area (Å²) < 4.78 is 10.3. The van der Waals surface area contributed by atoms with Gasteiger partial charge in [0.2, 0.25) is 5.76 Å². The van der Waals surface area contributed by atoms with Crippen molar-refractivity contribution in [2.75, 3.05) is 13.2 Å². The third-order valence-corrected chi connectivity index (χ3v) is 2.06. The van der Waals surface area contributed by atoms with E-state index in [9.17, 15) is 4.79 Å². The first kappa shape index (κ1) is 13.8. The van der Waals surface area contributed by atoms with Crippen LogP contribution in [0.25, 0.3) is 6.08 Å². The van der Waals surface area contributed by atoms with Crippen molar-refractivity contribution in [2.24, 2.45) is 0 Å². The predicted molar refractivity (Wildman–Crippen MR) is 69.4 cm³/mol. The Kier molecular flexibility index (Phi) is 5.51. The third-order valence-electron chi connectivity index (χ3n) is 2.06. The number of hydrogen-bond donors (Lipinski definition) is 1. The highest BCUT2D eigenvalue weighted by atomic mass is 16.5.